The number of aromatic nitrogens is 3. The van der Waals surface area contributed by atoms with Gasteiger partial charge in [0.1, 0.15) is 0 Å². The van der Waals surface area contributed by atoms with Crippen LogP contribution in [0.3, 0.4) is 0 Å². The second-order valence-electron chi connectivity index (χ2n) is 7.30. The van der Waals surface area contributed by atoms with Gasteiger partial charge in [-0.2, -0.15) is 0 Å². The topological polar surface area (TPSA) is 91.6 Å². The molecule has 3 aromatic rings. The molecule has 0 radical (unpaired) electrons. The number of nitrogens with zero attached hydrogens (tertiary/aromatic N) is 4. The number of hydrogen-bond acceptors (Lipinski definition) is 4. The second kappa shape index (κ2) is 8.30. The smallest absolute Gasteiger partial charge is 0.321 e. The fourth-order valence-electron chi connectivity index (χ4n) is 3.65. The summed E-state index contributed by atoms with van der Waals surface area (Å²) >= 11 is 0. The van der Waals surface area contributed by atoms with Gasteiger partial charge >= 0.3 is 6.03 Å². The molecular weight excluding hydrogens is 368 g/mol. The molecule has 8 heteroatoms. The van der Waals surface area contributed by atoms with E-state index < -0.39 is 0 Å². The average Bonchev–Trinajstić information content (AvgIpc) is 3.19. The van der Waals surface area contributed by atoms with Gasteiger partial charge in [0.15, 0.2) is 11.5 Å². The molecule has 1 saturated heterocycles. The first-order chi connectivity index (χ1) is 14.1. The van der Waals surface area contributed by atoms with E-state index in [4.69, 9.17) is 0 Å². The molecule has 2 atom stereocenters. The number of amides is 3. The molecule has 1 aliphatic heterocycles. The minimum absolute atomic E-state index is 0.0672. The Balaban J connectivity index is 1.37. The van der Waals surface area contributed by atoms with Crippen LogP contribution in [0.25, 0.3) is 5.65 Å². The van der Waals surface area contributed by atoms with E-state index in [9.17, 15) is 9.59 Å². The lowest BCUT2D eigenvalue weighted by atomic mass is 9.97. The molecule has 1 aliphatic rings. The van der Waals surface area contributed by atoms with E-state index in [1.807, 2.05) is 66.1 Å². The van der Waals surface area contributed by atoms with Gasteiger partial charge < -0.3 is 15.5 Å². The summed E-state index contributed by atoms with van der Waals surface area (Å²) in [5, 5.41) is 14.3. The Kier molecular flexibility index (Phi) is 5.41. The van der Waals surface area contributed by atoms with Crippen molar-refractivity contribution >= 4 is 23.3 Å². The molecule has 0 spiro atoms. The molecule has 1 fully saturated rings. The van der Waals surface area contributed by atoms with Crippen LogP contribution in [0.1, 0.15) is 31.6 Å². The van der Waals surface area contributed by atoms with Crippen LogP contribution in [-0.2, 0) is 4.79 Å². The Morgan fingerprint density at radius 3 is 2.72 bits per heavy atom. The third-order valence-corrected chi connectivity index (χ3v) is 5.19. The minimum atomic E-state index is -0.284. The average molecular weight is 392 g/mol. The van der Waals surface area contributed by atoms with E-state index in [1.165, 1.54) is 0 Å². The number of rotatable bonds is 4. The number of anilines is 1. The van der Waals surface area contributed by atoms with Gasteiger partial charge in [0.05, 0.1) is 12.0 Å². The highest BCUT2D eigenvalue weighted by atomic mass is 16.2. The number of urea groups is 1. The Morgan fingerprint density at radius 2 is 1.90 bits per heavy atom. The standard InChI is InChI=1S/C21H24N6O2/c1-15(19-25-24-18-11-5-6-13-27(18)19)22-20(28)16-8-7-12-26(14-16)21(29)23-17-9-3-2-4-10-17/h2-6,9-11,13,15-16H,7-8,12,14H2,1H3,(H,22,28)(H,23,29)/t15-,16+/m0/s1. The number of fused-ring (bicyclic) bond motifs is 1. The van der Waals surface area contributed by atoms with Crippen molar-refractivity contribution in [3.8, 4) is 0 Å². The molecule has 3 heterocycles. The van der Waals surface area contributed by atoms with Crippen molar-refractivity contribution in [2.24, 2.45) is 5.92 Å². The van der Waals surface area contributed by atoms with E-state index >= 15 is 0 Å². The van der Waals surface area contributed by atoms with Gasteiger partial charge in [-0.1, -0.05) is 24.3 Å². The second-order valence-corrected chi connectivity index (χ2v) is 7.30. The fraction of sp³-hybridized carbons (Fsp3) is 0.333. The molecule has 4 rings (SSSR count). The molecule has 3 amide bonds. The van der Waals surface area contributed by atoms with Crippen LogP contribution in [0, 0.1) is 5.92 Å². The molecule has 8 nitrogen and oxygen atoms in total. The van der Waals surface area contributed by atoms with Gasteiger partial charge in [-0.25, -0.2) is 4.79 Å². The number of para-hydroxylation sites is 1. The molecule has 0 aliphatic carbocycles. The first-order valence-corrected chi connectivity index (χ1v) is 9.83. The predicted octanol–water partition coefficient (Wildman–Crippen LogP) is 2.85. The summed E-state index contributed by atoms with van der Waals surface area (Å²) in [4.78, 5) is 27.1. The summed E-state index contributed by atoms with van der Waals surface area (Å²) in [6, 6.07) is 14.5. The van der Waals surface area contributed by atoms with Crippen LogP contribution >= 0.6 is 0 Å². The first kappa shape index (κ1) is 18.9. The quantitative estimate of drug-likeness (QED) is 0.714. The van der Waals surface area contributed by atoms with Crippen LogP contribution in [0.15, 0.2) is 54.7 Å². The molecule has 0 bridgehead atoms. The maximum absolute atomic E-state index is 12.8. The van der Waals surface area contributed by atoms with Gasteiger partial charge in [0.2, 0.25) is 5.91 Å². The first-order valence-electron chi connectivity index (χ1n) is 9.83. The SMILES string of the molecule is C[C@H](NC(=O)[C@@H]1CCCN(C(=O)Nc2ccccc2)C1)c1nnc2ccccn12. The van der Waals surface area contributed by atoms with Gasteiger partial charge in [0.25, 0.3) is 0 Å². The Hall–Kier alpha value is -3.42. The normalized spacial score (nSPS) is 17.7. The van der Waals surface area contributed by atoms with Crippen LogP contribution in [-0.4, -0.2) is 44.5 Å². The zero-order valence-electron chi connectivity index (χ0n) is 16.3. The largest absolute Gasteiger partial charge is 0.346 e. The highest BCUT2D eigenvalue weighted by Crippen LogP contribution is 2.20. The number of benzene rings is 1. The Labute approximate surface area is 168 Å². The fourth-order valence-corrected chi connectivity index (χ4v) is 3.65. The van der Waals surface area contributed by atoms with E-state index in [2.05, 4.69) is 20.8 Å². The molecule has 0 saturated carbocycles. The summed E-state index contributed by atoms with van der Waals surface area (Å²) in [6.07, 6.45) is 3.43. The van der Waals surface area contributed by atoms with Crippen LogP contribution in [0.5, 0.6) is 0 Å². The molecule has 29 heavy (non-hydrogen) atoms. The Morgan fingerprint density at radius 1 is 1.10 bits per heavy atom. The van der Waals surface area contributed by atoms with Crippen molar-refractivity contribution in [1.82, 2.24) is 24.8 Å². The van der Waals surface area contributed by atoms with Gasteiger partial charge in [-0.05, 0) is 44.0 Å². The van der Waals surface area contributed by atoms with Crippen molar-refractivity contribution in [2.45, 2.75) is 25.8 Å². The third-order valence-electron chi connectivity index (χ3n) is 5.19. The molecule has 2 N–H and O–H groups in total. The van der Waals surface area contributed by atoms with Crippen molar-refractivity contribution in [3.05, 3.63) is 60.6 Å². The number of pyridine rings is 1. The van der Waals surface area contributed by atoms with Gasteiger partial charge in [-0.15, -0.1) is 10.2 Å². The highest BCUT2D eigenvalue weighted by molar-refractivity contribution is 5.90. The lowest BCUT2D eigenvalue weighted by Gasteiger charge is -2.32. The van der Waals surface area contributed by atoms with Crippen LogP contribution < -0.4 is 10.6 Å². The van der Waals surface area contributed by atoms with Crippen molar-refractivity contribution in [1.29, 1.82) is 0 Å². The predicted molar refractivity (Wildman–Crippen MR) is 109 cm³/mol. The molecule has 150 valence electrons. The van der Waals surface area contributed by atoms with Crippen molar-refractivity contribution in [3.63, 3.8) is 0 Å². The van der Waals surface area contributed by atoms with Gasteiger partial charge in [0, 0.05) is 25.0 Å². The molecule has 0 unspecified atom stereocenters. The molecule has 2 aromatic heterocycles. The van der Waals surface area contributed by atoms with Crippen molar-refractivity contribution < 1.29 is 9.59 Å². The minimum Gasteiger partial charge on any atom is -0.346 e. The van der Waals surface area contributed by atoms with Crippen LogP contribution in [0.2, 0.25) is 0 Å². The maximum atomic E-state index is 12.8. The van der Waals surface area contributed by atoms with E-state index in [0.29, 0.717) is 18.9 Å². The zero-order valence-corrected chi connectivity index (χ0v) is 16.3. The van der Waals surface area contributed by atoms with E-state index in [1.54, 1.807) is 4.90 Å². The van der Waals surface area contributed by atoms with Gasteiger partial charge in [-0.3, -0.25) is 9.20 Å². The summed E-state index contributed by atoms with van der Waals surface area (Å²) < 4.78 is 1.87. The van der Waals surface area contributed by atoms with Crippen molar-refractivity contribution in [2.75, 3.05) is 18.4 Å². The maximum Gasteiger partial charge on any atom is 0.321 e. The zero-order chi connectivity index (χ0) is 20.2. The van der Waals surface area contributed by atoms with E-state index in [-0.39, 0.29) is 23.9 Å². The molecular formula is C21H24N6O2. The molecule has 1 aromatic carbocycles. The number of hydrogen-bond donors (Lipinski definition) is 2. The number of carbonyl (C=O) groups is 2. The third kappa shape index (κ3) is 4.21. The summed E-state index contributed by atoms with van der Waals surface area (Å²) in [7, 11) is 0. The number of likely N-dealkylation sites (tertiary alicyclic amines) is 1. The lowest BCUT2D eigenvalue weighted by molar-refractivity contribution is -0.127. The highest BCUT2D eigenvalue weighted by Gasteiger charge is 2.29. The summed E-state index contributed by atoms with van der Waals surface area (Å²) in [6.45, 7) is 2.94. The number of carbonyl (C=O) groups excluding carboxylic acids is 2. The van der Waals surface area contributed by atoms with E-state index in [0.717, 1.165) is 24.2 Å². The van der Waals surface area contributed by atoms with Crippen LogP contribution in [0.4, 0.5) is 10.5 Å². The number of nitrogens with one attached hydrogen (secondary N) is 2. The Bertz CT molecular complexity index is 1000. The summed E-state index contributed by atoms with van der Waals surface area (Å²) in [5.74, 6) is 0.373. The summed E-state index contributed by atoms with van der Waals surface area (Å²) in [5.41, 5.74) is 1.49. The monoisotopic (exact) mass is 392 g/mol. The number of piperidine rings is 1. The lowest BCUT2D eigenvalue weighted by Crippen LogP contribution is -2.47.